The van der Waals surface area contributed by atoms with E-state index in [9.17, 15) is 0 Å². The Labute approximate surface area is 119 Å². The molecule has 2 aliphatic heterocycles. The Balaban J connectivity index is 1.49. The minimum absolute atomic E-state index is 0.491. The molecular formula is C15H21N3S. The van der Waals surface area contributed by atoms with Gasteiger partial charge in [0, 0.05) is 12.6 Å². The smallest absolute Gasteiger partial charge is 0.157 e. The second-order valence-electron chi connectivity index (χ2n) is 5.32. The van der Waals surface area contributed by atoms with E-state index in [1.807, 2.05) is 11.8 Å². The van der Waals surface area contributed by atoms with Crippen LogP contribution in [0.5, 0.6) is 0 Å². The number of likely N-dealkylation sites (tertiary alicyclic amines) is 1. The quantitative estimate of drug-likeness (QED) is 0.918. The first-order valence-electron chi connectivity index (χ1n) is 7.03. The molecule has 0 bridgehead atoms. The number of nitrogens with one attached hydrogen (secondary N) is 1. The van der Waals surface area contributed by atoms with Crippen molar-refractivity contribution in [1.29, 1.82) is 0 Å². The lowest BCUT2D eigenvalue weighted by Crippen LogP contribution is -2.37. The summed E-state index contributed by atoms with van der Waals surface area (Å²) in [6.07, 6.45) is 2.64. The number of likely N-dealkylation sites (N-methyl/N-ethyl adjacent to an activating group) is 1. The van der Waals surface area contributed by atoms with Gasteiger partial charge in [-0.2, -0.15) is 0 Å². The molecule has 4 heteroatoms. The van der Waals surface area contributed by atoms with Crippen LogP contribution in [-0.4, -0.2) is 42.8 Å². The Morgan fingerprint density at radius 1 is 1.37 bits per heavy atom. The molecule has 1 aromatic carbocycles. The first-order chi connectivity index (χ1) is 9.33. The van der Waals surface area contributed by atoms with Gasteiger partial charge in [-0.25, -0.2) is 0 Å². The summed E-state index contributed by atoms with van der Waals surface area (Å²) in [4.78, 5) is 7.08. The minimum Gasteiger partial charge on any atom is -0.363 e. The maximum atomic E-state index is 4.63. The standard InChI is InChI=1S/C15H21N3S/c1-18-9-5-8-13(18)10-16-15-17-11-14(19-15)12-6-3-2-4-7-12/h2-4,6-7,13-14H,5,8-11H2,1H3,(H,16,17). The molecule has 2 heterocycles. The minimum atomic E-state index is 0.491. The molecule has 3 nitrogen and oxygen atoms in total. The predicted octanol–water partition coefficient (Wildman–Crippen LogP) is 2.51. The summed E-state index contributed by atoms with van der Waals surface area (Å²) in [7, 11) is 2.22. The first kappa shape index (κ1) is 13.0. The molecule has 0 aromatic heterocycles. The first-order valence-corrected chi connectivity index (χ1v) is 7.91. The largest absolute Gasteiger partial charge is 0.363 e. The fourth-order valence-corrected chi connectivity index (χ4v) is 3.78. The molecule has 1 aromatic rings. The van der Waals surface area contributed by atoms with E-state index < -0.39 is 0 Å². The molecular weight excluding hydrogens is 254 g/mol. The lowest BCUT2D eigenvalue weighted by molar-refractivity contribution is 0.310. The highest BCUT2D eigenvalue weighted by atomic mass is 32.2. The van der Waals surface area contributed by atoms with Gasteiger partial charge < -0.3 is 10.2 Å². The van der Waals surface area contributed by atoms with Crippen LogP contribution >= 0.6 is 11.8 Å². The van der Waals surface area contributed by atoms with E-state index in [2.05, 4.69) is 52.6 Å². The van der Waals surface area contributed by atoms with Gasteiger partial charge in [-0.05, 0) is 32.0 Å². The molecule has 1 saturated heterocycles. The maximum Gasteiger partial charge on any atom is 0.157 e. The van der Waals surface area contributed by atoms with Crippen LogP contribution in [0, 0.1) is 0 Å². The van der Waals surface area contributed by atoms with Crippen LogP contribution in [-0.2, 0) is 0 Å². The molecule has 0 radical (unpaired) electrons. The van der Waals surface area contributed by atoms with Crippen LogP contribution in [0.15, 0.2) is 35.3 Å². The van der Waals surface area contributed by atoms with E-state index in [1.54, 1.807) is 0 Å². The maximum absolute atomic E-state index is 4.63. The zero-order valence-corrected chi connectivity index (χ0v) is 12.2. The summed E-state index contributed by atoms with van der Waals surface area (Å²) in [6.45, 7) is 3.17. The summed E-state index contributed by atoms with van der Waals surface area (Å²) in [5.41, 5.74) is 1.38. The van der Waals surface area contributed by atoms with Gasteiger partial charge in [-0.1, -0.05) is 42.1 Å². The molecule has 0 spiro atoms. The molecule has 0 saturated carbocycles. The van der Waals surface area contributed by atoms with Crippen molar-refractivity contribution < 1.29 is 0 Å². The average molecular weight is 275 g/mol. The number of hydrogen-bond acceptors (Lipinski definition) is 4. The third-order valence-corrected chi connectivity index (χ3v) is 5.19. The zero-order valence-electron chi connectivity index (χ0n) is 11.4. The zero-order chi connectivity index (χ0) is 13.1. The van der Waals surface area contributed by atoms with Crippen molar-refractivity contribution in [3.63, 3.8) is 0 Å². The SMILES string of the molecule is CN1CCCC1CNC1=NCC(c2ccccc2)S1. The molecule has 0 aliphatic carbocycles. The summed E-state index contributed by atoms with van der Waals surface area (Å²) in [6, 6.07) is 11.4. The van der Waals surface area contributed by atoms with Crippen molar-refractivity contribution in [1.82, 2.24) is 10.2 Å². The number of hydrogen-bond donors (Lipinski definition) is 1. The Morgan fingerprint density at radius 2 is 2.21 bits per heavy atom. The van der Waals surface area contributed by atoms with E-state index in [0.717, 1.165) is 18.3 Å². The third kappa shape index (κ3) is 3.12. The molecule has 2 atom stereocenters. The normalized spacial score (nSPS) is 27.5. The van der Waals surface area contributed by atoms with Crippen LogP contribution in [0.3, 0.4) is 0 Å². The van der Waals surface area contributed by atoms with Gasteiger partial charge in [0.05, 0.1) is 11.8 Å². The summed E-state index contributed by atoms with van der Waals surface area (Å²) in [5, 5.41) is 5.14. The number of benzene rings is 1. The highest BCUT2D eigenvalue weighted by Gasteiger charge is 2.24. The second-order valence-corrected chi connectivity index (χ2v) is 6.51. The van der Waals surface area contributed by atoms with Crippen LogP contribution in [0.25, 0.3) is 0 Å². The van der Waals surface area contributed by atoms with Crippen LogP contribution in [0.1, 0.15) is 23.7 Å². The molecule has 1 fully saturated rings. The second kappa shape index (κ2) is 5.97. The summed E-state index contributed by atoms with van der Waals surface area (Å²) < 4.78 is 0. The van der Waals surface area contributed by atoms with E-state index in [1.165, 1.54) is 24.9 Å². The van der Waals surface area contributed by atoms with E-state index in [4.69, 9.17) is 0 Å². The Bertz CT molecular complexity index is 446. The van der Waals surface area contributed by atoms with Gasteiger partial charge in [0.25, 0.3) is 0 Å². The highest BCUT2D eigenvalue weighted by Crippen LogP contribution is 2.34. The highest BCUT2D eigenvalue weighted by molar-refractivity contribution is 8.14. The Morgan fingerprint density at radius 3 is 2.95 bits per heavy atom. The van der Waals surface area contributed by atoms with Gasteiger partial charge in [0.15, 0.2) is 5.17 Å². The molecule has 2 aliphatic rings. The van der Waals surface area contributed by atoms with Gasteiger partial charge in [0.1, 0.15) is 0 Å². The number of rotatable bonds is 3. The lowest BCUT2D eigenvalue weighted by Gasteiger charge is -2.20. The number of amidine groups is 1. The predicted molar refractivity (Wildman–Crippen MR) is 82.7 cm³/mol. The van der Waals surface area contributed by atoms with Crippen molar-refractivity contribution >= 4 is 16.9 Å². The monoisotopic (exact) mass is 275 g/mol. The fourth-order valence-electron chi connectivity index (χ4n) is 2.76. The Hall–Kier alpha value is -1.00. The molecule has 3 rings (SSSR count). The van der Waals surface area contributed by atoms with E-state index in [0.29, 0.717) is 11.3 Å². The van der Waals surface area contributed by atoms with Crippen molar-refractivity contribution in [2.75, 3.05) is 26.7 Å². The number of aliphatic imine (C=N–C) groups is 1. The molecule has 2 unspecified atom stereocenters. The van der Waals surface area contributed by atoms with Gasteiger partial charge >= 0.3 is 0 Å². The van der Waals surface area contributed by atoms with Crippen LogP contribution in [0.4, 0.5) is 0 Å². The lowest BCUT2D eigenvalue weighted by atomic mass is 10.1. The summed E-state index contributed by atoms with van der Waals surface area (Å²) >= 11 is 1.87. The van der Waals surface area contributed by atoms with Crippen molar-refractivity contribution in [2.45, 2.75) is 24.1 Å². The fraction of sp³-hybridized carbons (Fsp3) is 0.533. The van der Waals surface area contributed by atoms with E-state index >= 15 is 0 Å². The van der Waals surface area contributed by atoms with Gasteiger partial charge in [-0.15, -0.1) is 0 Å². The van der Waals surface area contributed by atoms with Crippen molar-refractivity contribution in [3.8, 4) is 0 Å². The van der Waals surface area contributed by atoms with E-state index in [-0.39, 0.29) is 0 Å². The van der Waals surface area contributed by atoms with Crippen molar-refractivity contribution in [3.05, 3.63) is 35.9 Å². The topological polar surface area (TPSA) is 27.6 Å². The molecule has 19 heavy (non-hydrogen) atoms. The van der Waals surface area contributed by atoms with Crippen molar-refractivity contribution in [2.24, 2.45) is 4.99 Å². The third-order valence-electron chi connectivity index (χ3n) is 3.99. The summed E-state index contributed by atoms with van der Waals surface area (Å²) in [5.74, 6) is 0. The Kier molecular flexibility index (Phi) is 4.09. The number of thioether (sulfide) groups is 1. The molecule has 0 amide bonds. The van der Waals surface area contributed by atoms with Crippen LogP contribution in [0.2, 0.25) is 0 Å². The molecule has 1 N–H and O–H groups in total. The number of nitrogens with zero attached hydrogens (tertiary/aromatic N) is 2. The molecule has 102 valence electrons. The van der Waals surface area contributed by atoms with Gasteiger partial charge in [0.2, 0.25) is 0 Å². The average Bonchev–Trinajstić information content (AvgIpc) is 3.06. The van der Waals surface area contributed by atoms with Gasteiger partial charge in [-0.3, -0.25) is 4.99 Å². The van der Waals surface area contributed by atoms with Crippen LogP contribution < -0.4 is 5.32 Å².